The molecule has 0 spiro atoms. The SMILES string of the molecule is CCC(C)Oc1cccc(C(=O)NNC(=O)CCC(=O)Nc2ccc(Cl)cc2Cl)c1. The second-order valence-electron chi connectivity index (χ2n) is 6.54. The number of anilines is 1. The minimum absolute atomic E-state index is 0.0249. The van der Waals surface area contributed by atoms with Gasteiger partial charge in [-0.3, -0.25) is 25.2 Å². The van der Waals surface area contributed by atoms with Crippen LogP contribution in [0.15, 0.2) is 42.5 Å². The lowest BCUT2D eigenvalue weighted by molar-refractivity contribution is -0.124. The third-order valence-electron chi connectivity index (χ3n) is 4.11. The van der Waals surface area contributed by atoms with Gasteiger partial charge >= 0.3 is 0 Å². The number of hydrogen-bond acceptors (Lipinski definition) is 4. The number of halogens is 2. The van der Waals surface area contributed by atoms with Crippen molar-refractivity contribution in [3.63, 3.8) is 0 Å². The maximum Gasteiger partial charge on any atom is 0.269 e. The van der Waals surface area contributed by atoms with Crippen LogP contribution in [0.4, 0.5) is 5.69 Å². The van der Waals surface area contributed by atoms with Crippen molar-refractivity contribution in [2.24, 2.45) is 0 Å². The van der Waals surface area contributed by atoms with Crippen LogP contribution in [0.25, 0.3) is 0 Å². The van der Waals surface area contributed by atoms with Crippen molar-refractivity contribution < 1.29 is 19.1 Å². The summed E-state index contributed by atoms with van der Waals surface area (Å²) in [6.45, 7) is 3.94. The molecule has 1 atom stereocenters. The van der Waals surface area contributed by atoms with Crippen molar-refractivity contribution in [3.8, 4) is 5.75 Å². The summed E-state index contributed by atoms with van der Waals surface area (Å²) in [5, 5.41) is 3.35. The highest BCUT2D eigenvalue weighted by molar-refractivity contribution is 6.36. The monoisotopic (exact) mass is 451 g/mol. The molecule has 0 aliphatic carbocycles. The summed E-state index contributed by atoms with van der Waals surface area (Å²) in [5.41, 5.74) is 5.35. The molecule has 0 radical (unpaired) electrons. The number of rotatable bonds is 8. The summed E-state index contributed by atoms with van der Waals surface area (Å²) < 4.78 is 5.68. The summed E-state index contributed by atoms with van der Waals surface area (Å²) in [5.74, 6) is -0.820. The summed E-state index contributed by atoms with van der Waals surface area (Å²) in [7, 11) is 0. The van der Waals surface area contributed by atoms with Gasteiger partial charge in [-0.15, -0.1) is 0 Å². The van der Waals surface area contributed by atoms with Crippen LogP contribution in [0.3, 0.4) is 0 Å². The predicted molar refractivity (Wildman–Crippen MR) is 117 cm³/mol. The van der Waals surface area contributed by atoms with Crippen LogP contribution < -0.4 is 20.9 Å². The first kappa shape index (κ1) is 23.5. The minimum atomic E-state index is -0.507. The van der Waals surface area contributed by atoms with Crippen LogP contribution in [-0.2, 0) is 9.59 Å². The fourth-order valence-corrected chi connectivity index (χ4v) is 2.77. The van der Waals surface area contributed by atoms with Crippen LogP contribution in [0, 0.1) is 0 Å². The fraction of sp³-hybridized carbons (Fsp3) is 0.286. The molecule has 0 aliphatic rings. The van der Waals surface area contributed by atoms with Gasteiger partial charge in [-0.25, -0.2) is 0 Å². The van der Waals surface area contributed by atoms with Crippen molar-refractivity contribution in [1.82, 2.24) is 10.9 Å². The second kappa shape index (κ2) is 11.4. The molecule has 0 saturated carbocycles. The number of hydrogen-bond donors (Lipinski definition) is 3. The Bertz CT molecular complexity index is 921. The quantitative estimate of drug-likeness (QED) is 0.519. The van der Waals surface area contributed by atoms with Gasteiger partial charge in [0, 0.05) is 23.4 Å². The zero-order valence-electron chi connectivity index (χ0n) is 16.6. The molecule has 30 heavy (non-hydrogen) atoms. The number of benzene rings is 2. The van der Waals surface area contributed by atoms with Crippen molar-refractivity contribution in [3.05, 3.63) is 58.1 Å². The average molecular weight is 452 g/mol. The van der Waals surface area contributed by atoms with Gasteiger partial charge in [0.05, 0.1) is 16.8 Å². The standard InChI is InChI=1S/C21H23Cl2N3O4/c1-3-13(2)30-16-6-4-5-14(11-16)21(29)26-25-20(28)10-9-19(27)24-18-8-7-15(22)12-17(18)23/h4-8,11-13H,3,9-10H2,1-2H3,(H,24,27)(H,25,28)(H,26,29). The van der Waals surface area contributed by atoms with Crippen LogP contribution in [-0.4, -0.2) is 23.8 Å². The first-order chi connectivity index (χ1) is 14.3. The van der Waals surface area contributed by atoms with Gasteiger partial charge < -0.3 is 10.1 Å². The molecule has 3 N–H and O–H groups in total. The molecule has 2 aromatic carbocycles. The lowest BCUT2D eigenvalue weighted by Gasteiger charge is -2.13. The number of carbonyl (C=O) groups excluding carboxylic acids is 3. The van der Waals surface area contributed by atoms with E-state index in [1.807, 2.05) is 13.8 Å². The topological polar surface area (TPSA) is 96.5 Å². The molecule has 2 aromatic rings. The first-order valence-electron chi connectivity index (χ1n) is 9.39. The Balaban J connectivity index is 1.78. The van der Waals surface area contributed by atoms with E-state index in [0.29, 0.717) is 27.0 Å². The smallest absolute Gasteiger partial charge is 0.269 e. The van der Waals surface area contributed by atoms with E-state index in [4.69, 9.17) is 27.9 Å². The van der Waals surface area contributed by atoms with E-state index in [1.165, 1.54) is 6.07 Å². The molecule has 7 nitrogen and oxygen atoms in total. The van der Waals surface area contributed by atoms with Crippen LogP contribution in [0.2, 0.25) is 10.0 Å². The Kier molecular flexibility index (Phi) is 8.95. The molecule has 0 saturated heterocycles. The summed E-state index contributed by atoms with van der Waals surface area (Å²) in [6, 6.07) is 11.3. The van der Waals surface area contributed by atoms with Crippen molar-refractivity contribution >= 4 is 46.6 Å². The Morgan fingerprint density at radius 3 is 2.43 bits per heavy atom. The number of carbonyl (C=O) groups is 3. The molecule has 0 aromatic heterocycles. The van der Waals surface area contributed by atoms with E-state index in [2.05, 4.69) is 16.2 Å². The van der Waals surface area contributed by atoms with E-state index < -0.39 is 17.7 Å². The van der Waals surface area contributed by atoms with Crippen LogP contribution >= 0.6 is 23.2 Å². The van der Waals surface area contributed by atoms with Crippen molar-refractivity contribution in [2.75, 3.05) is 5.32 Å². The Hall–Kier alpha value is -2.77. The van der Waals surface area contributed by atoms with Gasteiger partial charge in [-0.1, -0.05) is 36.2 Å². The highest BCUT2D eigenvalue weighted by Crippen LogP contribution is 2.25. The molecule has 3 amide bonds. The Labute approximate surface area is 185 Å². The van der Waals surface area contributed by atoms with E-state index in [1.54, 1.807) is 36.4 Å². The molecule has 160 valence electrons. The highest BCUT2D eigenvalue weighted by Gasteiger charge is 2.12. The number of hydrazine groups is 1. The molecule has 9 heteroatoms. The van der Waals surface area contributed by atoms with Crippen LogP contribution in [0.1, 0.15) is 43.5 Å². The molecular formula is C21H23Cl2N3O4. The van der Waals surface area contributed by atoms with E-state index in [-0.39, 0.29) is 18.9 Å². The lowest BCUT2D eigenvalue weighted by Crippen LogP contribution is -2.41. The van der Waals surface area contributed by atoms with Gasteiger partial charge in [-0.05, 0) is 49.7 Å². The Morgan fingerprint density at radius 1 is 1.00 bits per heavy atom. The summed E-state index contributed by atoms with van der Waals surface area (Å²) >= 11 is 11.8. The van der Waals surface area contributed by atoms with Gasteiger partial charge in [0.2, 0.25) is 11.8 Å². The number of ether oxygens (including phenoxy) is 1. The summed E-state index contributed by atoms with van der Waals surface area (Å²) in [4.78, 5) is 36.1. The third kappa shape index (κ3) is 7.57. The zero-order valence-corrected chi connectivity index (χ0v) is 18.1. The minimum Gasteiger partial charge on any atom is -0.491 e. The van der Waals surface area contributed by atoms with E-state index >= 15 is 0 Å². The second-order valence-corrected chi connectivity index (χ2v) is 7.38. The van der Waals surface area contributed by atoms with Gasteiger partial charge in [0.1, 0.15) is 5.75 Å². The van der Waals surface area contributed by atoms with Crippen molar-refractivity contribution in [2.45, 2.75) is 39.2 Å². The normalized spacial score (nSPS) is 11.3. The summed E-state index contributed by atoms with van der Waals surface area (Å²) in [6.07, 6.45) is 0.661. The fourth-order valence-electron chi connectivity index (χ4n) is 2.32. The maximum absolute atomic E-state index is 12.2. The molecule has 0 heterocycles. The zero-order chi connectivity index (χ0) is 22.1. The highest BCUT2D eigenvalue weighted by atomic mass is 35.5. The lowest BCUT2D eigenvalue weighted by atomic mass is 10.2. The third-order valence-corrected chi connectivity index (χ3v) is 4.66. The first-order valence-corrected chi connectivity index (χ1v) is 10.1. The van der Waals surface area contributed by atoms with Gasteiger partial charge in [0.15, 0.2) is 0 Å². The number of amides is 3. The largest absolute Gasteiger partial charge is 0.491 e. The molecule has 1 unspecified atom stereocenters. The maximum atomic E-state index is 12.2. The van der Waals surface area contributed by atoms with Gasteiger partial charge in [0.25, 0.3) is 5.91 Å². The van der Waals surface area contributed by atoms with E-state index in [9.17, 15) is 14.4 Å². The molecule has 0 bridgehead atoms. The number of nitrogens with one attached hydrogen (secondary N) is 3. The van der Waals surface area contributed by atoms with Crippen LogP contribution in [0.5, 0.6) is 5.75 Å². The van der Waals surface area contributed by atoms with E-state index in [0.717, 1.165) is 6.42 Å². The van der Waals surface area contributed by atoms with Crippen molar-refractivity contribution in [1.29, 1.82) is 0 Å². The molecule has 2 rings (SSSR count). The molecule has 0 fully saturated rings. The predicted octanol–water partition coefficient (Wildman–Crippen LogP) is 4.35. The molecular weight excluding hydrogens is 429 g/mol. The molecule has 0 aliphatic heterocycles. The van der Waals surface area contributed by atoms with Gasteiger partial charge in [-0.2, -0.15) is 0 Å². The average Bonchev–Trinajstić information content (AvgIpc) is 2.72. The Morgan fingerprint density at radius 2 is 1.73 bits per heavy atom.